The zero-order chi connectivity index (χ0) is 4.28. The molecule has 0 amide bonds. The van der Waals surface area contributed by atoms with Gasteiger partial charge >= 0.3 is 38.7 Å². The van der Waals surface area contributed by atoms with Gasteiger partial charge in [0, 0.05) is 0 Å². The maximum Gasteiger partial charge on any atom is 1.00 e. The predicted octanol–water partition coefficient (Wildman–Crippen LogP) is -5.94. The minimum absolute atomic E-state index is 0. The van der Waals surface area contributed by atoms with Crippen molar-refractivity contribution in [3.63, 3.8) is 0 Å². The van der Waals surface area contributed by atoms with E-state index in [4.69, 9.17) is 0 Å². The van der Waals surface area contributed by atoms with Crippen LogP contribution in [0.15, 0.2) is 0 Å². The van der Waals surface area contributed by atoms with Crippen molar-refractivity contribution in [2.75, 3.05) is 0 Å². The van der Waals surface area contributed by atoms with Gasteiger partial charge in [-0.05, 0) is 0 Å². The summed E-state index contributed by atoms with van der Waals surface area (Å²) in [5.74, 6) is 0. The van der Waals surface area contributed by atoms with Gasteiger partial charge in [0.1, 0.15) is 10.5 Å². The van der Waals surface area contributed by atoms with Crippen LogP contribution in [0.5, 0.6) is 0 Å². The molecule has 0 aromatic rings. The van der Waals surface area contributed by atoms with E-state index in [1.807, 2.05) is 0 Å². The van der Waals surface area contributed by atoms with Crippen LogP contribution in [0.2, 0.25) is 0 Å². The molecule has 0 rings (SSSR count). The van der Waals surface area contributed by atoms with Crippen LogP contribution in [0.3, 0.4) is 0 Å². The first-order valence-corrected chi connectivity index (χ1v) is 3.06. The molecule has 0 unspecified atom stereocenters. The van der Waals surface area contributed by atoms with Crippen molar-refractivity contribution in [3.8, 4) is 0 Å². The first kappa shape index (κ1) is 9.95. The minimum Gasteiger partial charge on any atom is -0.629 e. The Morgan fingerprint density at radius 3 is 2.00 bits per heavy atom. The summed E-state index contributed by atoms with van der Waals surface area (Å²) in [6, 6.07) is 0. The molecule has 30 valence electrons. The Morgan fingerprint density at radius 2 is 2.00 bits per heavy atom. The van der Waals surface area contributed by atoms with E-state index in [1.165, 1.54) is 0 Å². The smallest absolute Gasteiger partial charge is 0.629 e. The van der Waals surface area contributed by atoms with E-state index >= 15 is 0 Å². The Kier molecular flexibility index (Phi) is 9.68. The summed E-state index contributed by atoms with van der Waals surface area (Å²) in [6.07, 6.45) is 0. The Morgan fingerprint density at radius 1 is 1.83 bits per heavy atom. The van der Waals surface area contributed by atoms with Gasteiger partial charge in [-0.2, -0.15) is 0 Å². The van der Waals surface area contributed by atoms with E-state index in [0.29, 0.717) is 10.5 Å². The second kappa shape index (κ2) is 5.83. The Labute approximate surface area is 62.4 Å². The third-order valence-corrected chi connectivity index (χ3v) is 1.50. The second-order valence-electron chi connectivity index (χ2n) is 0.454. The molecule has 0 saturated carbocycles. The van der Waals surface area contributed by atoms with Crippen LogP contribution in [0.1, 0.15) is 0 Å². The van der Waals surface area contributed by atoms with E-state index < -0.39 is 9.17 Å². The van der Waals surface area contributed by atoms with Gasteiger partial charge in [0.05, 0.1) is 0 Å². The molecule has 0 saturated heterocycles. The molecular formula is H3NaO3Si2. The van der Waals surface area contributed by atoms with Crippen LogP contribution >= 0.6 is 0 Å². The quantitative estimate of drug-likeness (QED) is 0.332. The van der Waals surface area contributed by atoms with Gasteiger partial charge in [0.15, 0.2) is 0 Å². The van der Waals surface area contributed by atoms with Crippen molar-refractivity contribution >= 4 is 19.7 Å². The van der Waals surface area contributed by atoms with Gasteiger partial charge < -0.3 is 13.4 Å². The second-order valence-corrected chi connectivity index (χ2v) is 2.59. The molecule has 0 aromatic carbocycles. The van der Waals surface area contributed by atoms with Crippen LogP contribution < -0.4 is 34.4 Å². The van der Waals surface area contributed by atoms with E-state index in [2.05, 4.69) is 4.12 Å². The molecule has 6 heavy (non-hydrogen) atoms. The first-order valence-electron chi connectivity index (χ1n) is 1.02. The topological polar surface area (TPSA) is 49.4 Å². The zero-order valence-electron chi connectivity index (χ0n) is 3.72. The molecule has 0 radical (unpaired) electrons. The van der Waals surface area contributed by atoms with Gasteiger partial charge in [-0.15, -0.1) is 0 Å². The SMILES string of the molecule is O=[Si]([O-])O[SiH3].[Na+]. The number of hydrogen-bond acceptors (Lipinski definition) is 3. The zero-order valence-corrected chi connectivity index (χ0v) is 8.72. The number of hydrogen-bond donors (Lipinski definition) is 0. The first-order chi connectivity index (χ1) is 2.27. The van der Waals surface area contributed by atoms with Crippen LogP contribution in [0.25, 0.3) is 0 Å². The average Bonchev–Trinajstić information content (AvgIpc) is 1.38. The van der Waals surface area contributed by atoms with Crippen LogP contribution in [-0.2, 0) is 8.58 Å². The molecule has 0 N–H and O–H groups in total. The average molecular weight is 130 g/mol. The Hall–Kier alpha value is 0.834. The van der Waals surface area contributed by atoms with E-state index in [1.54, 1.807) is 0 Å². The third-order valence-electron chi connectivity index (χ3n) is 0.167. The molecule has 0 aliphatic carbocycles. The fourth-order valence-corrected chi connectivity index (χ4v) is 0. The fraction of sp³-hybridized carbons (Fsp3) is 0. The van der Waals surface area contributed by atoms with Crippen molar-refractivity contribution in [1.82, 2.24) is 0 Å². The van der Waals surface area contributed by atoms with Gasteiger partial charge in [-0.1, -0.05) is 0 Å². The van der Waals surface area contributed by atoms with Crippen LogP contribution in [0, 0.1) is 0 Å². The molecule has 0 fully saturated rings. The van der Waals surface area contributed by atoms with Crippen molar-refractivity contribution in [2.45, 2.75) is 0 Å². The maximum atomic E-state index is 9.25. The van der Waals surface area contributed by atoms with Gasteiger partial charge in [-0.3, -0.25) is 0 Å². The van der Waals surface area contributed by atoms with Crippen LogP contribution in [0.4, 0.5) is 0 Å². The fourth-order valence-electron chi connectivity index (χ4n) is 0. The normalized spacial score (nSPS) is 6.00. The molecule has 0 atom stereocenters. The maximum absolute atomic E-state index is 9.25. The molecule has 6 heteroatoms. The third kappa shape index (κ3) is 8.85. The molecular weight excluding hydrogens is 127 g/mol. The summed E-state index contributed by atoms with van der Waals surface area (Å²) < 4.78 is 13.1. The van der Waals surface area contributed by atoms with Crippen molar-refractivity contribution in [1.29, 1.82) is 0 Å². The molecule has 0 aromatic heterocycles. The molecule has 0 bridgehead atoms. The van der Waals surface area contributed by atoms with E-state index in [-0.39, 0.29) is 29.6 Å². The Balaban J connectivity index is 0. The summed E-state index contributed by atoms with van der Waals surface area (Å²) in [7, 11) is -2.52. The largest absolute Gasteiger partial charge is 1.00 e. The summed E-state index contributed by atoms with van der Waals surface area (Å²) in [5.41, 5.74) is 0. The monoisotopic (exact) mass is 130 g/mol. The summed E-state index contributed by atoms with van der Waals surface area (Å²) >= 11 is 0. The van der Waals surface area contributed by atoms with Gasteiger partial charge in [0.25, 0.3) is 0 Å². The summed E-state index contributed by atoms with van der Waals surface area (Å²) in [6.45, 7) is 0. The molecule has 3 nitrogen and oxygen atoms in total. The van der Waals surface area contributed by atoms with E-state index in [0.717, 1.165) is 0 Å². The van der Waals surface area contributed by atoms with Gasteiger partial charge in [0.2, 0.25) is 0 Å². The van der Waals surface area contributed by atoms with E-state index in [9.17, 15) is 9.26 Å². The molecule has 0 aliphatic rings. The van der Waals surface area contributed by atoms with Crippen LogP contribution in [-0.4, -0.2) is 19.7 Å². The minimum atomic E-state index is -2.81. The van der Waals surface area contributed by atoms with Crippen molar-refractivity contribution in [2.24, 2.45) is 0 Å². The van der Waals surface area contributed by atoms with Gasteiger partial charge in [-0.25, -0.2) is 0 Å². The summed E-state index contributed by atoms with van der Waals surface area (Å²) in [5, 5.41) is 0. The van der Waals surface area contributed by atoms with Crippen molar-refractivity contribution in [3.05, 3.63) is 0 Å². The standard InChI is InChI=1S/Na.H3O3Si2/c;1-5(2)3-4/h;4H3/q+1;-1. The summed E-state index contributed by atoms with van der Waals surface area (Å²) in [4.78, 5) is 9.25. The number of rotatable bonds is 1. The molecule has 0 spiro atoms. The Bertz CT molecular complexity index is 44.1. The molecule has 0 aliphatic heterocycles. The van der Waals surface area contributed by atoms with Crippen molar-refractivity contribution < 1.29 is 42.9 Å². The predicted molar refractivity (Wildman–Crippen MR) is 17.5 cm³/mol. The molecule has 0 heterocycles.